The summed E-state index contributed by atoms with van der Waals surface area (Å²) in [5.41, 5.74) is -1.61. The highest BCUT2D eigenvalue weighted by Gasteiger charge is 2.54. The van der Waals surface area contributed by atoms with Gasteiger partial charge in [0.2, 0.25) is 5.91 Å². The Morgan fingerprint density at radius 1 is 1.56 bits per heavy atom. The Labute approximate surface area is 106 Å². The largest absolute Gasteiger partial charge is 0.351 e. The molecule has 2 aliphatic heterocycles. The molecule has 2 aliphatic rings. The molecule has 18 heavy (non-hydrogen) atoms. The maximum atomic E-state index is 14.7. The number of carbonyl (C=O) groups is 2. The van der Waals surface area contributed by atoms with Crippen LogP contribution in [0.15, 0.2) is 12.3 Å². The molecule has 4 nitrogen and oxygen atoms in total. The van der Waals surface area contributed by atoms with E-state index in [0.29, 0.717) is 6.42 Å². The van der Waals surface area contributed by atoms with Gasteiger partial charge in [0.25, 0.3) is 0 Å². The molecule has 1 amide bonds. The van der Waals surface area contributed by atoms with Gasteiger partial charge >= 0.3 is 0 Å². The Bertz CT molecular complexity index is 405. The fourth-order valence-corrected chi connectivity index (χ4v) is 2.55. The van der Waals surface area contributed by atoms with Gasteiger partial charge in [0.05, 0.1) is 12.5 Å². The maximum Gasteiger partial charge on any atom is 0.236 e. The van der Waals surface area contributed by atoms with E-state index in [1.165, 1.54) is 24.1 Å². The molecule has 0 spiro atoms. The van der Waals surface area contributed by atoms with E-state index in [1.54, 1.807) is 6.92 Å². The summed E-state index contributed by atoms with van der Waals surface area (Å²) in [6.45, 7) is 5.17. The fourth-order valence-electron chi connectivity index (χ4n) is 2.55. The average molecular weight is 255 g/mol. The highest BCUT2D eigenvalue weighted by atomic mass is 19.1. The fraction of sp³-hybridized carbons (Fsp3) is 0.692. The van der Waals surface area contributed by atoms with Gasteiger partial charge in [-0.3, -0.25) is 14.5 Å². The topological polar surface area (TPSA) is 46.6 Å². The van der Waals surface area contributed by atoms with E-state index in [4.69, 9.17) is 4.74 Å². The van der Waals surface area contributed by atoms with E-state index in [-0.39, 0.29) is 24.2 Å². The second kappa shape index (κ2) is 4.46. The third kappa shape index (κ3) is 1.96. The first kappa shape index (κ1) is 13.2. The molecule has 0 N–H and O–H groups in total. The van der Waals surface area contributed by atoms with Crippen molar-refractivity contribution in [3.63, 3.8) is 0 Å². The summed E-state index contributed by atoms with van der Waals surface area (Å²) in [6, 6.07) is 0. The number of hydrogen-bond donors (Lipinski definition) is 0. The number of hydrogen-bond acceptors (Lipinski definition) is 3. The summed E-state index contributed by atoms with van der Waals surface area (Å²) >= 11 is 0. The normalized spacial score (nSPS) is 40.7. The van der Waals surface area contributed by atoms with Crippen LogP contribution in [-0.4, -0.2) is 34.6 Å². The van der Waals surface area contributed by atoms with Crippen molar-refractivity contribution in [2.45, 2.75) is 51.6 Å². The van der Waals surface area contributed by atoms with Crippen LogP contribution in [0.4, 0.5) is 4.39 Å². The molecule has 4 atom stereocenters. The summed E-state index contributed by atoms with van der Waals surface area (Å²) in [6.07, 6.45) is 1.98. The summed E-state index contributed by atoms with van der Waals surface area (Å²) < 4.78 is 20.4. The maximum absolute atomic E-state index is 14.7. The van der Waals surface area contributed by atoms with Crippen molar-refractivity contribution in [1.82, 2.24) is 4.90 Å². The Balaban J connectivity index is 2.26. The predicted octanol–water partition coefficient (Wildman–Crippen LogP) is 1.80. The predicted molar refractivity (Wildman–Crippen MR) is 63.2 cm³/mol. The molecule has 1 fully saturated rings. The zero-order chi connectivity index (χ0) is 13.5. The number of carbonyl (C=O) groups excluding carboxylic acids is 2. The number of ketones is 1. The van der Waals surface area contributed by atoms with Crippen LogP contribution in [-0.2, 0) is 14.3 Å². The van der Waals surface area contributed by atoms with Crippen LogP contribution in [0.2, 0.25) is 0 Å². The minimum absolute atomic E-state index is 0.205. The van der Waals surface area contributed by atoms with Gasteiger partial charge in [0.1, 0.15) is 0 Å². The standard InChI is InChI=1S/C13H18FNO3/c1-4-10-8(2)13(3,14)12(18-10)15-6-5-9(16)7-11(15)17/h5-6,8,10,12H,4,7H2,1-3H3/t8-,10-,12-,13-/m1/s1. The molecule has 0 unspecified atom stereocenters. The van der Waals surface area contributed by atoms with E-state index < -0.39 is 17.8 Å². The average Bonchev–Trinajstić information content (AvgIpc) is 2.52. The van der Waals surface area contributed by atoms with Crippen molar-refractivity contribution >= 4 is 11.7 Å². The first-order chi connectivity index (χ1) is 8.37. The third-order valence-electron chi connectivity index (χ3n) is 3.92. The van der Waals surface area contributed by atoms with E-state index in [2.05, 4.69) is 0 Å². The molecular formula is C13H18FNO3. The molecule has 0 saturated carbocycles. The number of ether oxygens (including phenoxy) is 1. The van der Waals surface area contributed by atoms with Crippen LogP contribution in [0.25, 0.3) is 0 Å². The van der Waals surface area contributed by atoms with Gasteiger partial charge in [0, 0.05) is 12.1 Å². The van der Waals surface area contributed by atoms with Gasteiger partial charge in [-0.05, 0) is 19.4 Å². The lowest BCUT2D eigenvalue weighted by molar-refractivity contribution is -0.149. The smallest absolute Gasteiger partial charge is 0.236 e. The molecule has 0 bridgehead atoms. The lowest BCUT2D eigenvalue weighted by Gasteiger charge is -2.33. The molecule has 0 aliphatic carbocycles. The number of alkyl halides is 1. The van der Waals surface area contributed by atoms with Crippen molar-refractivity contribution in [2.75, 3.05) is 0 Å². The first-order valence-corrected chi connectivity index (χ1v) is 6.24. The van der Waals surface area contributed by atoms with E-state index in [9.17, 15) is 14.0 Å². The number of nitrogens with zero attached hydrogens (tertiary/aromatic N) is 1. The van der Waals surface area contributed by atoms with E-state index in [0.717, 1.165) is 0 Å². The highest BCUT2D eigenvalue weighted by Crippen LogP contribution is 2.42. The minimum atomic E-state index is -1.61. The third-order valence-corrected chi connectivity index (χ3v) is 3.92. The first-order valence-electron chi connectivity index (χ1n) is 6.24. The summed E-state index contributed by atoms with van der Waals surface area (Å²) in [4.78, 5) is 24.1. The van der Waals surface area contributed by atoms with Crippen molar-refractivity contribution in [2.24, 2.45) is 5.92 Å². The lowest BCUT2D eigenvalue weighted by atomic mass is 9.88. The van der Waals surface area contributed by atoms with Gasteiger partial charge < -0.3 is 4.74 Å². The van der Waals surface area contributed by atoms with Gasteiger partial charge in [-0.25, -0.2) is 4.39 Å². The second-order valence-electron chi connectivity index (χ2n) is 5.13. The molecule has 1 saturated heterocycles. The van der Waals surface area contributed by atoms with Crippen LogP contribution in [0.1, 0.15) is 33.6 Å². The van der Waals surface area contributed by atoms with Crippen LogP contribution in [0.5, 0.6) is 0 Å². The number of allylic oxidation sites excluding steroid dienone is 1. The molecule has 0 aromatic heterocycles. The minimum Gasteiger partial charge on any atom is -0.351 e. The molecular weight excluding hydrogens is 237 g/mol. The zero-order valence-corrected chi connectivity index (χ0v) is 10.9. The molecule has 2 rings (SSSR count). The monoisotopic (exact) mass is 255 g/mol. The quantitative estimate of drug-likeness (QED) is 0.707. The molecule has 2 heterocycles. The van der Waals surface area contributed by atoms with Gasteiger partial charge in [0.15, 0.2) is 17.7 Å². The van der Waals surface area contributed by atoms with Crippen molar-refractivity contribution in [3.05, 3.63) is 12.3 Å². The summed E-state index contributed by atoms with van der Waals surface area (Å²) in [5, 5.41) is 0. The van der Waals surface area contributed by atoms with E-state index in [1.807, 2.05) is 6.92 Å². The number of rotatable bonds is 2. The Hall–Kier alpha value is -1.23. The number of halogens is 1. The summed E-state index contributed by atoms with van der Waals surface area (Å²) in [7, 11) is 0. The van der Waals surface area contributed by atoms with Gasteiger partial charge in [-0.1, -0.05) is 13.8 Å². The highest BCUT2D eigenvalue weighted by molar-refractivity contribution is 6.06. The Morgan fingerprint density at radius 3 is 2.72 bits per heavy atom. The molecule has 0 aromatic rings. The zero-order valence-electron chi connectivity index (χ0n) is 10.9. The summed E-state index contributed by atoms with van der Waals surface area (Å²) in [5.74, 6) is -0.943. The van der Waals surface area contributed by atoms with Crippen molar-refractivity contribution < 1.29 is 18.7 Å². The van der Waals surface area contributed by atoms with Crippen molar-refractivity contribution in [3.8, 4) is 0 Å². The van der Waals surface area contributed by atoms with Crippen molar-refractivity contribution in [1.29, 1.82) is 0 Å². The van der Waals surface area contributed by atoms with Gasteiger partial charge in [-0.2, -0.15) is 0 Å². The van der Waals surface area contributed by atoms with Gasteiger partial charge in [-0.15, -0.1) is 0 Å². The number of amides is 1. The SMILES string of the molecule is CC[C@H]1O[C@@H](N2C=CC(=O)CC2=O)[C@](C)(F)[C@@H]1C. The second-order valence-corrected chi connectivity index (χ2v) is 5.13. The van der Waals surface area contributed by atoms with Crippen LogP contribution in [0.3, 0.4) is 0 Å². The lowest BCUT2D eigenvalue weighted by Crippen LogP contribution is -2.49. The Morgan fingerprint density at radius 2 is 2.22 bits per heavy atom. The van der Waals surface area contributed by atoms with E-state index >= 15 is 0 Å². The molecule has 5 heteroatoms. The molecule has 0 radical (unpaired) electrons. The molecule has 100 valence electrons. The molecule has 0 aromatic carbocycles. The Kier molecular flexibility index (Phi) is 3.27. The van der Waals surface area contributed by atoms with Crippen LogP contribution >= 0.6 is 0 Å². The van der Waals surface area contributed by atoms with Crippen LogP contribution < -0.4 is 0 Å². The van der Waals surface area contributed by atoms with Crippen LogP contribution in [0, 0.1) is 5.92 Å².